The third-order valence-corrected chi connectivity index (χ3v) is 5.97. The van der Waals surface area contributed by atoms with Crippen LogP contribution in [0.2, 0.25) is 5.02 Å². The molecule has 1 saturated heterocycles. The number of hydrogen-bond donors (Lipinski definition) is 0. The molecule has 2 heterocycles. The summed E-state index contributed by atoms with van der Waals surface area (Å²) in [6.07, 6.45) is 1.29. The second-order valence-electron chi connectivity index (χ2n) is 6.74. The monoisotopic (exact) mass is 427 g/mol. The SMILES string of the molecule is CCCn1c(=NC(=O)c2cccc(N3C(=O)CCC3=O)c2)sc2cc(Cl)ccc21. The second-order valence-corrected chi connectivity index (χ2v) is 8.18. The molecular formula is C21H18ClN3O3S. The molecule has 4 rings (SSSR count). The molecule has 1 aromatic heterocycles. The minimum absolute atomic E-state index is 0.197. The van der Waals surface area contributed by atoms with Gasteiger partial charge in [-0.3, -0.25) is 19.3 Å². The molecule has 0 saturated carbocycles. The van der Waals surface area contributed by atoms with Crippen LogP contribution in [0.15, 0.2) is 47.5 Å². The van der Waals surface area contributed by atoms with Crippen molar-refractivity contribution in [1.29, 1.82) is 0 Å². The maximum atomic E-state index is 12.9. The van der Waals surface area contributed by atoms with E-state index >= 15 is 0 Å². The Bertz CT molecular complexity index is 1200. The maximum absolute atomic E-state index is 12.9. The van der Waals surface area contributed by atoms with Gasteiger partial charge < -0.3 is 4.57 Å². The summed E-state index contributed by atoms with van der Waals surface area (Å²) in [4.78, 5) is 42.9. The first-order chi connectivity index (χ1) is 14.0. The van der Waals surface area contributed by atoms with Crippen molar-refractivity contribution in [3.63, 3.8) is 0 Å². The molecule has 0 radical (unpaired) electrons. The molecule has 0 atom stereocenters. The van der Waals surface area contributed by atoms with Crippen molar-refractivity contribution in [3.8, 4) is 0 Å². The Morgan fingerprint density at radius 1 is 1.14 bits per heavy atom. The summed E-state index contributed by atoms with van der Waals surface area (Å²) in [6, 6.07) is 12.1. The third kappa shape index (κ3) is 3.75. The van der Waals surface area contributed by atoms with E-state index in [0.29, 0.717) is 21.1 Å². The molecular weight excluding hydrogens is 410 g/mol. The molecule has 0 aliphatic carbocycles. The van der Waals surface area contributed by atoms with Crippen molar-refractivity contribution in [2.45, 2.75) is 32.7 Å². The van der Waals surface area contributed by atoms with E-state index in [9.17, 15) is 14.4 Å². The fourth-order valence-corrected chi connectivity index (χ4v) is 4.70. The predicted octanol–water partition coefficient (Wildman–Crippen LogP) is 4.16. The number of hydrogen-bond acceptors (Lipinski definition) is 4. The third-order valence-electron chi connectivity index (χ3n) is 4.69. The molecule has 1 fully saturated rings. The van der Waals surface area contributed by atoms with E-state index in [0.717, 1.165) is 28.1 Å². The number of aryl methyl sites for hydroxylation is 1. The Labute approximate surface area is 176 Å². The summed E-state index contributed by atoms with van der Waals surface area (Å²) in [5.41, 5.74) is 1.71. The van der Waals surface area contributed by atoms with E-state index in [2.05, 4.69) is 11.9 Å². The lowest BCUT2D eigenvalue weighted by atomic mass is 10.2. The van der Waals surface area contributed by atoms with E-state index in [1.54, 1.807) is 24.3 Å². The number of fused-ring (bicyclic) bond motifs is 1. The Kier molecular flexibility index (Phi) is 5.34. The first kappa shape index (κ1) is 19.5. The molecule has 3 amide bonds. The Morgan fingerprint density at radius 3 is 2.62 bits per heavy atom. The van der Waals surface area contributed by atoms with Crippen LogP contribution in [0.1, 0.15) is 36.5 Å². The fraction of sp³-hybridized carbons (Fsp3) is 0.238. The first-order valence-corrected chi connectivity index (χ1v) is 10.5. The maximum Gasteiger partial charge on any atom is 0.279 e. The van der Waals surface area contributed by atoms with E-state index in [1.165, 1.54) is 11.3 Å². The number of benzene rings is 2. The summed E-state index contributed by atoms with van der Waals surface area (Å²) < 4.78 is 2.96. The predicted molar refractivity (Wildman–Crippen MR) is 113 cm³/mol. The lowest BCUT2D eigenvalue weighted by Crippen LogP contribution is -2.28. The smallest absolute Gasteiger partial charge is 0.279 e. The number of thiazole rings is 1. The number of anilines is 1. The van der Waals surface area contributed by atoms with Crippen molar-refractivity contribution in [2.24, 2.45) is 4.99 Å². The second kappa shape index (κ2) is 7.93. The number of carbonyl (C=O) groups excluding carboxylic acids is 3. The van der Waals surface area contributed by atoms with Crippen LogP contribution in [0.3, 0.4) is 0 Å². The van der Waals surface area contributed by atoms with Gasteiger partial charge in [0.15, 0.2) is 4.80 Å². The van der Waals surface area contributed by atoms with Gasteiger partial charge in [0.2, 0.25) is 11.8 Å². The average molecular weight is 428 g/mol. The van der Waals surface area contributed by atoms with Crippen molar-refractivity contribution >= 4 is 56.6 Å². The van der Waals surface area contributed by atoms with Gasteiger partial charge in [-0.1, -0.05) is 35.9 Å². The minimum atomic E-state index is -0.423. The fourth-order valence-electron chi connectivity index (χ4n) is 3.37. The summed E-state index contributed by atoms with van der Waals surface area (Å²) in [7, 11) is 0. The van der Waals surface area contributed by atoms with E-state index in [4.69, 9.17) is 11.6 Å². The van der Waals surface area contributed by atoms with Crippen LogP contribution in [0, 0.1) is 0 Å². The number of halogens is 1. The van der Waals surface area contributed by atoms with Crippen LogP contribution in [0.4, 0.5) is 5.69 Å². The molecule has 6 nitrogen and oxygen atoms in total. The number of amides is 3. The molecule has 148 valence electrons. The first-order valence-electron chi connectivity index (χ1n) is 9.31. The summed E-state index contributed by atoms with van der Waals surface area (Å²) >= 11 is 7.51. The molecule has 0 N–H and O–H groups in total. The van der Waals surface area contributed by atoms with Gasteiger partial charge in [0.05, 0.1) is 15.9 Å². The number of imide groups is 1. The van der Waals surface area contributed by atoms with Gasteiger partial charge in [-0.25, -0.2) is 0 Å². The molecule has 8 heteroatoms. The highest BCUT2D eigenvalue weighted by molar-refractivity contribution is 7.16. The quantitative estimate of drug-likeness (QED) is 0.587. The number of aromatic nitrogens is 1. The van der Waals surface area contributed by atoms with Gasteiger partial charge in [0.25, 0.3) is 5.91 Å². The normalized spacial score (nSPS) is 15.0. The summed E-state index contributed by atoms with van der Waals surface area (Å²) in [6.45, 7) is 2.79. The molecule has 1 aliphatic rings. The Balaban J connectivity index is 1.75. The van der Waals surface area contributed by atoms with Gasteiger partial charge in [-0.05, 0) is 42.8 Å². The van der Waals surface area contributed by atoms with E-state index in [1.807, 2.05) is 22.8 Å². The van der Waals surface area contributed by atoms with Crippen molar-refractivity contribution < 1.29 is 14.4 Å². The van der Waals surface area contributed by atoms with Gasteiger partial charge in [0, 0.05) is 30.0 Å². The Hall–Kier alpha value is -2.77. The number of rotatable bonds is 4. The molecule has 2 aromatic carbocycles. The van der Waals surface area contributed by atoms with Crippen LogP contribution < -0.4 is 9.70 Å². The zero-order valence-electron chi connectivity index (χ0n) is 15.7. The lowest BCUT2D eigenvalue weighted by Gasteiger charge is -2.14. The number of nitrogens with zero attached hydrogens (tertiary/aromatic N) is 3. The zero-order chi connectivity index (χ0) is 20.5. The van der Waals surface area contributed by atoms with E-state index in [-0.39, 0.29) is 24.7 Å². The minimum Gasteiger partial charge on any atom is -0.316 e. The highest BCUT2D eigenvalue weighted by Gasteiger charge is 2.30. The van der Waals surface area contributed by atoms with Crippen LogP contribution in [-0.4, -0.2) is 22.3 Å². The zero-order valence-corrected chi connectivity index (χ0v) is 17.3. The molecule has 3 aromatic rings. The number of carbonyl (C=O) groups is 3. The lowest BCUT2D eigenvalue weighted by molar-refractivity contribution is -0.121. The highest BCUT2D eigenvalue weighted by Crippen LogP contribution is 2.24. The van der Waals surface area contributed by atoms with Crippen LogP contribution in [0.5, 0.6) is 0 Å². The molecule has 1 aliphatic heterocycles. The van der Waals surface area contributed by atoms with E-state index < -0.39 is 5.91 Å². The highest BCUT2D eigenvalue weighted by atomic mass is 35.5. The van der Waals surface area contributed by atoms with Crippen molar-refractivity contribution in [2.75, 3.05) is 4.90 Å². The largest absolute Gasteiger partial charge is 0.316 e. The molecule has 0 bridgehead atoms. The van der Waals surface area contributed by atoms with Gasteiger partial charge in [0.1, 0.15) is 0 Å². The van der Waals surface area contributed by atoms with Crippen LogP contribution in [-0.2, 0) is 16.1 Å². The van der Waals surface area contributed by atoms with Crippen molar-refractivity contribution in [3.05, 3.63) is 57.9 Å². The van der Waals surface area contributed by atoms with Crippen LogP contribution in [0.25, 0.3) is 10.2 Å². The molecule has 0 spiro atoms. The Morgan fingerprint density at radius 2 is 1.90 bits per heavy atom. The van der Waals surface area contributed by atoms with Crippen molar-refractivity contribution in [1.82, 2.24) is 4.57 Å². The molecule has 29 heavy (non-hydrogen) atoms. The summed E-state index contributed by atoms with van der Waals surface area (Å²) in [5, 5.41) is 0.632. The topological polar surface area (TPSA) is 71.7 Å². The standard InChI is InChI=1S/C21H18ClN3O3S/c1-2-10-24-16-7-6-14(22)12-17(16)29-21(24)23-20(28)13-4-3-5-15(11-13)25-18(26)8-9-19(25)27/h3-7,11-12H,2,8-10H2,1H3. The average Bonchev–Trinajstić information content (AvgIpc) is 3.21. The van der Waals surface area contributed by atoms with Gasteiger partial charge >= 0.3 is 0 Å². The summed E-state index contributed by atoms with van der Waals surface area (Å²) in [5.74, 6) is -0.925. The van der Waals surface area contributed by atoms with Gasteiger partial charge in [-0.2, -0.15) is 4.99 Å². The molecule has 0 unspecified atom stereocenters. The van der Waals surface area contributed by atoms with Gasteiger partial charge in [-0.15, -0.1) is 0 Å². The van der Waals surface area contributed by atoms with Crippen LogP contribution >= 0.6 is 22.9 Å².